The molecular weight excluding hydrogens is 462 g/mol. The zero-order valence-electron chi connectivity index (χ0n) is 21.7. The molecule has 1 atom stereocenters. The summed E-state index contributed by atoms with van der Waals surface area (Å²) in [5.41, 5.74) is 1.57. The number of benzene rings is 2. The van der Waals surface area contributed by atoms with Crippen molar-refractivity contribution in [2.75, 3.05) is 48.5 Å². The number of amides is 4. The van der Waals surface area contributed by atoms with Gasteiger partial charge in [0.25, 0.3) is 0 Å². The number of ether oxygens (including phenoxy) is 3. The molecule has 9 heteroatoms. The summed E-state index contributed by atoms with van der Waals surface area (Å²) in [6.45, 7) is 2.88. The molecule has 0 saturated carbocycles. The van der Waals surface area contributed by atoms with E-state index in [-0.39, 0.29) is 19.0 Å². The maximum atomic E-state index is 13.7. The van der Waals surface area contributed by atoms with Crippen LogP contribution in [0.25, 0.3) is 0 Å². The molecule has 0 aromatic heterocycles. The van der Waals surface area contributed by atoms with Crippen LogP contribution in [0.5, 0.6) is 17.2 Å². The highest BCUT2D eigenvalue weighted by molar-refractivity contribution is 6.19. The zero-order valence-corrected chi connectivity index (χ0v) is 21.7. The topological polar surface area (TPSA) is 88.6 Å². The molecule has 0 aliphatic carbocycles. The third-order valence-corrected chi connectivity index (χ3v) is 7.45. The first-order chi connectivity index (χ1) is 17.2. The van der Waals surface area contributed by atoms with Gasteiger partial charge in [-0.3, -0.25) is 24.3 Å². The molecule has 192 valence electrons. The van der Waals surface area contributed by atoms with Gasteiger partial charge in [0.2, 0.25) is 11.8 Å². The lowest BCUT2D eigenvalue weighted by Gasteiger charge is -2.46. The average molecular weight is 496 g/mol. The number of carbonyl (C=O) groups excluding carboxylic acids is 3. The summed E-state index contributed by atoms with van der Waals surface area (Å²) < 4.78 is 16.2. The molecular formula is C27H33N3O6. The van der Waals surface area contributed by atoms with Crippen molar-refractivity contribution in [2.24, 2.45) is 5.41 Å². The summed E-state index contributed by atoms with van der Waals surface area (Å²) in [6, 6.07) is 10.6. The number of hydrogen-bond acceptors (Lipinski definition) is 7. The van der Waals surface area contributed by atoms with Crippen molar-refractivity contribution in [2.45, 2.75) is 25.8 Å². The highest BCUT2D eigenvalue weighted by Crippen LogP contribution is 2.41. The van der Waals surface area contributed by atoms with Crippen LogP contribution in [0.15, 0.2) is 36.4 Å². The van der Waals surface area contributed by atoms with Gasteiger partial charge in [0.05, 0.1) is 21.3 Å². The number of methoxy groups -OCH3 is 3. The highest BCUT2D eigenvalue weighted by Gasteiger charge is 2.56. The lowest BCUT2D eigenvalue weighted by atomic mass is 9.76. The first-order valence-corrected chi connectivity index (χ1v) is 11.9. The van der Waals surface area contributed by atoms with Crippen molar-refractivity contribution in [3.63, 3.8) is 0 Å². The molecule has 2 aliphatic rings. The third kappa shape index (κ3) is 4.17. The molecule has 4 amide bonds. The van der Waals surface area contributed by atoms with E-state index >= 15 is 0 Å². The quantitative estimate of drug-likeness (QED) is 0.546. The van der Waals surface area contributed by atoms with E-state index in [4.69, 9.17) is 14.2 Å². The maximum absolute atomic E-state index is 13.7. The minimum absolute atomic E-state index is 0.0878. The zero-order chi connectivity index (χ0) is 26.2. The fraction of sp³-hybridized carbons (Fsp3) is 0.444. The van der Waals surface area contributed by atoms with Crippen LogP contribution in [0.3, 0.4) is 0 Å². The summed E-state index contributed by atoms with van der Waals surface area (Å²) in [6.07, 6.45) is 0.893. The number of carbonyl (C=O) groups is 3. The Morgan fingerprint density at radius 3 is 2.03 bits per heavy atom. The van der Waals surface area contributed by atoms with Crippen molar-refractivity contribution in [1.29, 1.82) is 0 Å². The molecule has 2 aliphatic heterocycles. The predicted octanol–water partition coefficient (Wildman–Crippen LogP) is 2.91. The van der Waals surface area contributed by atoms with E-state index < -0.39 is 23.3 Å². The second kappa shape index (κ2) is 9.81. The van der Waals surface area contributed by atoms with Gasteiger partial charge in [-0.2, -0.15) is 0 Å². The van der Waals surface area contributed by atoms with Crippen LogP contribution >= 0.6 is 0 Å². The summed E-state index contributed by atoms with van der Waals surface area (Å²) in [5.74, 6) is 1.01. The lowest BCUT2D eigenvalue weighted by Crippen LogP contribution is -2.67. The van der Waals surface area contributed by atoms with Crippen LogP contribution in [-0.2, 0) is 22.4 Å². The molecule has 2 aromatic carbocycles. The first kappa shape index (κ1) is 25.5. The van der Waals surface area contributed by atoms with Crippen LogP contribution in [0.4, 0.5) is 4.79 Å². The largest absolute Gasteiger partial charge is 0.497 e. The summed E-state index contributed by atoms with van der Waals surface area (Å²) in [4.78, 5) is 44.3. The second-order valence-corrected chi connectivity index (χ2v) is 9.42. The molecule has 1 saturated heterocycles. The van der Waals surface area contributed by atoms with Gasteiger partial charge in [-0.15, -0.1) is 0 Å². The van der Waals surface area contributed by atoms with Crippen LogP contribution in [0.1, 0.15) is 29.7 Å². The van der Waals surface area contributed by atoms with Crippen molar-refractivity contribution in [3.05, 3.63) is 53.1 Å². The predicted molar refractivity (Wildman–Crippen MR) is 133 cm³/mol. The SMILES string of the molecule is COc1ccc(CC2(CN3CCc4cc(OC)c(OC)cc4[C@H]3C)C(=O)N(C)C(=O)N(C)C2=O)cc1. The minimum Gasteiger partial charge on any atom is -0.497 e. The average Bonchev–Trinajstić information content (AvgIpc) is 2.91. The molecule has 0 radical (unpaired) electrons. The van der Waals surface area contributed by atoms with Gasteiger partial charge in [0, 0.05) is 33.2 Å². The number of fused-ring (bicyclic) bond motifs is 1. The first-order valence-electron chi connectivity index (χ1n) is 11.9. The molecule has 0 N–H and O–H groups in total. The van der Waals surface area contributed by atoms with Crippen molar-refractivity contribution >= 4 is 17.8 Å². The molecule has 2 aromatic rings. The lowest BCUT2D eigenvalue weighted by molar-refractivity contribution is -0.159. The van der Waals surface area contributed by atoms with Crippen LogP contribution < -0.4 is 14.2 Å². The van der Waals surface area contributed by atoms with E-state index in [1.54, 1.807) is 33.5 Å². The number of imide groups is 2. The molecule has 1 fully saturated rings. The van der Waals surface area contributed by atoms with E-state index in [0.29, 0.717) is 23.8 Å². The standard InChI is InChI=1S/C27H33N3O6/c1-17-21-14-23(36-6)22(35-5)13-19(21)11-12-30(17)16-27(15-18-7-9-20(34-4)10-8-18)24(31)28(2)26(33)29(3)25(27)32/h7-10,13-14,17H,11-12,15-16H2,1-6H3/t17-/m1/s1. The Bertz CT molecular complexity index is 1150. The van der Waals surface area contributed by atoms with Gasteiger partial charge < -0.3 is 14.2 Å². The number of nitrogens with zero attached hydrogens (tertiary/aromatic N) is 3. The fourth-order valence-corrected chi connectivity index (χ4v) is 5.33. The fourth-order valence-electron chi connectivity index (χ4n) is 5.33. The van der Waals surface area contributed by atoms with Gasteiger partial charge in [0.15, 0.2) is 11.5 Å². The molecule has 0 spiro atoms. The second-order valence-electron chi connectivity index (χ2n) is 9.42. The molecule has 36 heavy (non-hydrogen) atoms. The normalized spacial score (nSPS) is 19.8. The van der Waals surface area contributed by atoms with E-state index in [1.165, 1.54) is 14.1 Å². The Morgan fingerprint density at radius 1 is 0.889 bits per heavy atom. The summed E-state index contributed by atoms with van der Waals surface area (Å²) in [7, 11) is 7.66. The number of barbiturate groups is 1. The molecule has 9 nitrogen and oxygen atoms in total. The van der Waals surface area contributed by atoms with Crippen LogP contribution in [0, 0.1) is 5.41 Å². The van der Waals surface area contributed by atoms with Crippen molar-refractivity contribution in [3.8, 4) is 17.2 Å². The number of urea groups is 1. The van der Waals surface area contributed by atoms with Gasteiger partial charge >= 0.3 is 6.03 Å². The van der Waals surface area contributed by atoms with Crippen LogP contribution in [-0.4, -0.2) is 81.1 Å². The van der Waals surface area contributed by atoms with E-state index in [9.17, 15) is 14.4 Å². The van der Waals surface area contributed by atoms with E-state index in [2.05, 4.69) is 11.8 Å². The summed E-state index contributed by atoms with van der Waals surface area (Å²) in [5, 5.41) is 0. The monoisotopic (exact) mass is 495 g/mol. The van der Waals surface area contributed by atoms with Gasteiger partial charge in [-0.25, -0.2) is 4.79 Å². The Hall–Kier alpha value is -3.59. The smallest absolute Gasteiger partial charge is 0.332 e. The van der Waals surface area contributed by atoms with Gasteiger partial charge in [-0.05, 0) is 60.7 Å². The Balaban J connectivity index is 1.73. The number of hydrogen-bond donors (Lipinski definition) is 0. The third-order valence-electron chi connectivity index (χ3n) is 7.45. The minimum atomic E-state index is -1.45. The summed E-state index contributed by atoms with van der Waals surface area (Å²) >= 11 is 0. The Labute approximate surface area is 211 Å². The van der Waals surface area contributed by atoms with Crippen LogP contribution in [0.2, 0.25) is 0 Å². The number of rotatable bonds is 7. The highest BCUT2D eigenvalue weighted by atomic mass is 16.5. The van der Waals surface area contributed by atoms with Crippen molar-refractivity contribution in [1.82, 2.24) is 14.7 Å². The molecule has 0 bridgehead atoms. The van der Waals surface area contributed by atoms with Gasteiger partial charge in [-0.1, -0.05) is 12.1 Å². The van der Waals surface area contributed by atoms with Crippen molar-refractivity contribution < 1.29 is 28.6 Å². The van der Waals surface area contributed by atoms with E-state index in [1.807, 2.05) is 24.3 Å². The van der Waals surface area contributed by atoms with E-state index in [0.717, 1.165) is 32.9 Å². The maximum Gasteiger partial charge on any atom is 0.332 e. The van der Waals surface area contributed by atoms with Gasteiger partial charge in [0.1, 0.15) is 11.2 Å². The Kier molecular flexibility index (Phi) is 6.95. The molecule has 2 heterocycles. The molecule has 0 unspecified atom stereocenters. The molecule has 4 rings (SSSR count). The Morgan fingerprint density at radius 2 is 1.47 bits per heavy atom.